The summed E-state index contributed by atoms with van der Waals surface area (Å²) in [4.78, 5) is 36.0. The Morgan fingerprint density at radius 3 is 2.06 bits per heavy atom. The molecule has 162 valence electrons. The van der Waals surface area contributed by atoms with Crippen LogP contribution in [-0.2, 0) is 14.3 Å². The average molecular weight is 424 g/mol. The van der Waals surface area contributed by atoms with Gasteiger partial charge < -0.3 is 25.6 Å². The van der Waals surface area contributed by atoms with Crippen LogP contribution in [0.15, 0.2) is 48.5 Å². The zero-order valence-corrected chi connectivity index (χ0v) is 16.8. The fourth-order valence-corrected chi connectivity index (χ4v) is 4.04. The van der Waals surface area contributed by atoms with Crippen molar-refractivity contribution >= 4 is 18.0 Å². The highest BCUT2D eigenvalue weighted by Gasteiger charge is 2.39. The van der Waals surface area contributed by atoms with Crippen LogP contribution >= 0.6 is 0 Å². The zero-order valence-electron chi connectivity index (χ0n) is 16.8. The van der Waals surface area contributed by atoms with Gasteiger partial charge in [-0.15, -0.1) is 0 Å². The lowest BCUT2D eigenvalue weighted by Crippen LogP contribution is -2.53. The average Bonchev–Trinajstić information content (AvgIpc) is 3.56. The molecular weight excluding hydrogens is 400 g/mol. The number of carbonyl (C=O) groups excluding carboxylic acids is 2. The normalized spacial score (nSPS) is 16.5. The molecule has 1 unspecified atom stereocenters. The van der Waals surface area contributed by atoms with E-state index < -0.39 is 36.7 Å². The highest BCUT2D eigenvalue weighted by molar-refractivity contribution is 5.89. The van der Waals surface area contributed by atoms with Crippen LogP contribution in [0.25, 0.3) is 11.1 Å². The fraction of sp³-hybridized carbons (Fsp3) is 0.348. The van der Waals surface area contributed by atoms with Crippen LogP contribution in [0.2, 0.25) is 0 Å². The lowest BCUT2D eigenvalue weighted by atomic mass is 9.98. The monoisotopic (exact) mass is 424 g/mol. The van der Waals surface area contributed by atoms with Crippen LogP contribution in [-0.4, -0.2) is 53.5 Å². The maximum Gasteiger partial charge on any atom is 0.407 e. The van der Waals surface area contributed by atoms with Crippen molar-refractivity contribution in [2.24, 2.45) is 5.92 Å². The molecule has 2 aromatic carbocycles. The van der Waals surface area contributed by atoms with Gasteiger partial charge >= 0.3 is 12.1 Å². The van der Waals surface area contributed by atoms with E-state index in [0.29, 0.717) is 0 Å². The van der Waals surface area contributed by atoms with Gasteiger partial charge in [0.05, 0.1) is 6.61 Å². The van der Waals surface area contributed by atoms with Crippen molar-refractivity contribution in [3.63, 3.8) is 0 Å². The second kappa shape index (κ2) is 8.77. The second-order valence-corrected chi connectivity index (χ2v) is 7.87. The van der Waals surface area contributed by atoms with E-state index in [0.717, 1.165) is 35.1 Å². The Labute approximate surface area is 179 Å². The van der Waals surface area contributed by atoms with E-state index in [9.17, 15) is 14.4 Å². The SMILES string of the molecule is O=C(NC(C(=O)N[C@@H](CO)C(=O)O)C1CC1)OCC1c2ccccc2-c2ccccc21. The number of hydrogen-bond donors (Lipinski definition) is 4. The number of ether oxygens (including phenoxy) is 1. The van der Waals surface area contributed by atoms with Crippen LogP contribution in [0.5, 0.6) is 0 Å². The molecule has 2 aromatic rings. The first-order valence-corrected chi connectivity index (χ1v) is 10.2. The first kappa shape index (κ1) is 20.9. The van der Waals surface area contributed by atoms with Crippen molar-refractivity contribution in [2.75, 3.05) is 13.2 Å². The Hall–Kier alpha value is -3.39. The van der Waals surface area contributed by atoms with Crippen molar-refractivity contribution in [3.8, 4) is 11.1 Å². The minimum atomic E-state index is -1.42. The van der Waals surface area contributed by atoms with E-state index >= 15 is 0 Å². The number of alkyl carbamates (subject to hydrolysis) is 1. The number of aliphatic carboxylic acids is 1. The molecule has 0 saturated heterocycles. The maximum atomic E-state index is 12.5. The molecule has 8 nitrogen and oxygen atoms in total. The first-order chi connectivity index (χ1) is 15.0. The van der Waals surface area contributed by atoms with E-state index in [2.05, 4.69) is 10.6 Å². The molecule has 2 amide bonds. The van der Waals surface area contributed by atoms with Gasteiger partial charge in [0.15, 0.2) is 0 Å². The van der Waals surface area contributed by atoms with Gasteiger partial charge in [-0.1, -0.05) is 48.5 Å². The topological polar surface area (TPSA) is 125 Å². The molecule has 0 radical (unpaired) electrons. The smallest absolute Gasteiger partial charge is 0.407 e. The van der Waals surface area contributed by atoms with Gasteiger partial charge in [-0.2, -0.15) is 0 Å². The third-order valence-corrected chi connectivity index (χ3v) is 5.79. The van der Waals surface area contributed by atoms with Crippen LogP contribution < -0.4 is 10.6 Å². The summed E-state index contributed by atoms with van der Waals surface area (Å²) < 4.78 is 5.48. The molecule has 2 aliphatic rings. The van der Waals surface area contributed by atoms with Crippen molar-refractivity contribution in [1.82, 2.24) is 10.6 Å². The number of rotatable bonds is 8. The van der Waals surface area contributed by atoms with Gasteiger partial charge in [0.25, 0.3) is 0 Å². The molecule has 0 aromatic heterocycles. The predicted octanol–water partition coefficient (Wildman–Crippen LogP) is 1.87. The molecule has 1 saturated carbocycles. The Kier molecular flexibility index (Phi) is 5.90. The number of carbonyl (C=O) groups is 3. The molecular formula is C23H24N2O6. The number of fused-ring (bicyclic) bond motifs is 3. The summed E-state index contributed by atoms with van der Waals surface area (Å²) in [5.41, 5.74) is 4.40. The second-order valence-electron chi connectivity index (χ2n) is 7.87. The number of hydrogen-bond acceptors (Lipinski definition) is 5. The van der Waals surface area contributed by atoms with Gasteiger partial charge in [-0.05, 0) is 41.0 Å². The van der Waals surface area contributed by atoms with E-state index in [1.807, 2.05) is 48.5 Å². The lowest BCUT2D eigenvalue weighted by molar-refractivity contribution is -0.143. The number of benzene rings is 2. The summed E-state index contributed by atoms with van der Waals surface area (Å²) in [7, 11) is 0. The minimum absolute atomic E-state index is 0.0754. The van der Waals surface area contributed by atoms with Crippen molar-refractivity contribution in [1.29, 1.82) is 0 Å². The standard InChI is InChI=1S/C23H24N2O6/c26-11-19(22(28)29)24-21(27)20(13-9-10-13)25-23(30)31-12-18-16-7-3-1-5-14(16)15-6-2-4-8-17(15)18/h1-8,13,18-20,26H,9-12H2,(H,24,27)(H,25,30)(H,28,29)/t19-,20?/m0/s1. The Balaban J connectivity index is 1.41. The minimum Gasteiger partial charge on any atom is -0.480 e. The lowest BCUT2D eigenvalue weighted by Gasteiger charge is -2.21. The van der Waals surface area contributed by atoms with Crippen LogP contribution in [0.3, 0.4) is 0 Å². The van der Waals surface area contributed by atoms with Crippen LogP contribution in [0, 0.1) is 5.92 Å². The van der Waals surface area contributed by atoms with Gasteiger partial charge in [-0.3, -0.25) is 4.79 Å². The summed E-state index contributed by atoms with van der Waals surface area (Å²) in [5.74, 6) is -2.16. The van der Waals surface area contributed by atoms with Gasteiger partial charge in [0, 0.05) is 5.92 Å². The molecule has 8 heteroatoms. The van der Waals surface area contributed by atoms with Crippen molar-refractivity contribution < 1.29 is 29.3 Å². The third kappa shape index (κ3) is 4.39. The number of aliphatic hydroxyl groups is 1. The van der Waals surface area contributed by atoms with E-state index in [-0.39, 0.29) is 18.4 Å². The Morgan fingerprint density at radius 2 is 1.55 bits per heavy atom. The summed E-state index contributed by atoms with van der Waals surface area (Å²) >= 11 is 0. The number of aliphatic hydroxyl groups excluding tert-OH is 1. The van der Waals surface area contributed by atoms with Crippen molar-refractivity contribution in [3.05, 3.63) is 59.7 Å². The molecule has 4 rings (SSSR count). The van der Waals surface area contributed by atoms with Crippen LogP contribution in [0.4, 0.5) is 4.79 Å². The summed E-state index contributed by atoms with van der Waals surface area (Å²) in [5, 5.41) is 23.0. The highest BCUT2D eigenvalue weighted by Crippen LogP contribution is 2.44. The molecule has 4 N–H and O–H groups in total. The van der Waals surface area contributed by atoms with E-state index in [1.165, 1.54) is 0 Å². The largest absolute Gasteiger partial charge is 0.480 e. The van der Waals surface area contributed by atoms with E-state index in [1.54, 1.807) is 0 Å². The van der Waals surface area contributed by atoms with Crippen molar-refractivity contribution in [2.45, 2.75) is 30.8 Å². The highest BCUT2D eigenvalue weighted by atomic mass is 16.5. The van der Waals surface area contributed by atoms with Gasteiger partial charge in [-0.25, -0.2) is 9.59 Å². The first-order valence-electron chi connectivity index (χ1n) is 10.2. The van der Waals surface area contributed by atoms with Gasteiger partial charge in [0.1, 0.15) is 18.7 Å². The quantitative estimate of drug-likeness (QED) is 0.513. The van der Waals surface area contributed by atoms with Crippen LogP contribution in [0.1, 0.15) is 29.9 Å². The Bertz CT molecular complexity index is 958. The molecule has 0 bridgehead atoms. The molecule has 2 atom stereocenters. The number of carboxylic acids is 1. The number of carboxylic acid groups (broad SMARTS) is 1. The van der Waals surface area contributed by atoms with Gasteiger partial charge in [0.2, 0.25) is 5.91 Å². The molecule has 31 heavy (non-hydrogen) atoms. The Morgan fingerprint density at radius 1 is 0.968 bits per heavy atom. The molecule has 0 spiro atoms. The van der Waals surface area contributed by atoms with E-state index in [4.69, 9.17) is 14.9 Å². The summed E-state index contributed by atoms with van der Waals surface area (Å²) in [6.07, 6.45) is 0.766. The maximum absolute atomic E-state index is 12.5. The summed E-state index contributed by atoms with van der Waals surface area (Å²) in [6, 6.07) is 13.6. The third-order valence-electron chi connectivity index (χ3n) is 5.79. The molecule has 0 aliphatic heterocycles. The summed E-state index contributed by atoms with van der Waals surface area (Å²) in [6.45, 7) is -0.614. The number of amides is 2. The molecule has 0 heterocycles. The zero-order chi connectivity index (χ0) is 22.0. The molecule has 1 fully saturated rings. The predicted molar refractivity (Wildman–Crippen MR) is 111 cm³/mol. The number of nitrogens with one attached hydrogen (secondary N) is 2. The molecule has 2 aliphatic carbocycles. The fourth-order valence-electron chi connectivity index (χ4n) is 4.04.